The Kier molecular flexibility index (Phi) is 5.80. The fourth-order valence-electron chi connectivity index (χ4n) is 2.47. The van der Waals surface area contributed by atoms with Gasteiger partial charge in [-0.1, -0.05) is 36.0 Å². The third-order valence-corrected chi connectivity index (χ3v) is 5.93. The number of fused-ring (bicyclic) bond motifs is 1. The highest BCUT2D eigenvalue weighted by atomic mass is 32.2. The quantitative estimate of drug-likeness (QED) is 0.361. The van der Waals surface area contributed by atoms with Crippen LogP contribution in [0, 0.1) is 0 Å². The van der Waals surface area contributed by atoms with Gasteiger partial charge in [-0.05, 0) is 23.3 Å². The molecule has 1 heterocycles. The number of hydrogen-bond acceptors (Lipinski definition) is 6. The smallest absolute Gasteiger partial charge is 0.339 e. The molecule has 0 aliphatic heterocycles. The monoisotopic (exact) mass is 387 g/mol. The SMILES string of the molecule is CO/C=C(/C(=O)O)c1ccccc1CSc1nc2cc(OC)ccc2s1. The summed E-state index contributed by atoms with van der Waals surface area (Å²) in [7, 11) is 3.07. The van der Waals surface area contributed by atoms with Crippen LogP contribution < -0.4 is 4.74 Å². The van der Waals surface area contributed by atoms with Gasteiger partial charge in [0.15, 0.2) is 4.34 Å². The van der Waals surface area contributed by atoms with E-state index >= 15 is 0 Å². The van der Waals surface area contributed by atoms with Crippen LogP contribution in [0.4, 0.5) is 0 Å². The summed E-state index contributed by atoms with van der Waals surface area (Å²) in [5, 5.41) is 9.43. The molecule has 0 radical (unpaired) electrons. The summed E-state index contributed by atoms with van der Waals surface area (Å²) < 4.78 is 12.2. The Hall–Kier alpha value is -2.51. The highest BCUT2D eigenvalue weighted by Crippen LogP contribution is 2.34. The molecule has 0 saturated heterocycles. The van der Waals surface area contributed by atoms with E-state index in [4.69, 9.17) is 9.47 Å². The maximum atomic E-state index is 11.5. The van der Waals surface area contributed by atoms with Crippen LogP contribution in [0.1, 0.15) is 11.1 Å². The van der Waals surface area contributed by atoms with Crippen molar-refractivity contribution in [2.75, 3.05) is 14.2 Å². The number of nitrogens with zero attached hydrogens (tertiary/aromatic N) is 1. The Bertz CT molecular complexity index is 965. The Morgan fingerprint density at radius 3 is 2.81 bits per heavy atom. The summed E-state index contributed by atoms with van der Waals surface area (Å²) in [5.74, 6) is 0.374. The van der Waals surface area contributed by atoms with Crippen LogP contribution in [0.5, 0.6) is 5.75 Å². The summed E-state index contributed by atoms with van der Waals surface area (Å²) >= 11 is 3.19. The zero-order valence-electron chi connectivity index (χ0n) is 14.3. The molecule has 0 unspecified atom stereocenters. The van der Waals surface area contributed by atoms with Crippen molar-refractivity contribution in [3.8, 4) is 5.75 Å². The van der Waals surface area contributed by atoms with Gasteiger partial charge in [0, 0.05) is 11.8 Å². The highest BCUT2D eigenvalue weighted by Gasteiger charge is 2.15. The number of methoxy groups -OCH3 is 2. The van der Waals surface area contributed by atoms with E-state index in [1.54, 1.807) is 36.3 Å². The lowest BCUT2D eigenvalue weighted by Crippen LogP contribution is -2.03. The van der Waals surface area contributed by atoms with Crippen molar-refractivity contribution < 1.29 is 19.4 Å². The molecule has 0 bridgehead atoms. The topological polar surface area (TPSA) is 68.7 Å². The zero-order valence-corrected chi connectivity index (χ0v) is 15.9. The summed E-state index contributed by atoms with van der Waals surface area (Å²) in [5.41, 5.74) is 2.60. The van der Waals surface area contributed by atoms with Gasteiger partial charge in [-0.3, -0.25) is 0 Å². The first-order valence-corrected chi connectivity index (χ1v) is 9.54. The van der Waals surface area contributed by atoms with Crippen molar-refractivity contribution in [1.29, 1.82) is 0 Å². The summed E-state index contributed by atoms with van der Waals surface area (Å²) in [6, 6.07) is 13.2. The van der Waals surface area contributed by atoms with Gasteiger partial charge in [-0.25, -0.2) is 9.78 Å². The first-order valence-electron chi connectivity index (χ1n) is 7.74. The van der Waals surface area contributed by atoms with Crippen molar-refractivity contribution in [3.63, 3.8) is 0 Å². The van der Waals surface area contributed by atoms with E-state index in [2.05, 4.69) is 4.98 Å². The summed E-state index contributed by atoms with van der Waals surface area (Å²) in [6.45, 7) is 0. The fourth-order valence-corrected chi connectivity index (χ4v) is 4.52. The largest absolute Gasteiger partial charge is 0.503 e. The number of carboxylic acid groups (broad SMARTS) is 1. The number of carbonyl (C=O) groups is 1. The van der Waals surface area contributed by atoms with Crippen LogP contribution in [0.3, 0.4) is 0 Å². The number of rotatable bonds is 7. The molecule has 0 amide bonds. The molecule has 0 fully saturated rings. The Balaban J connectivity index is 1.84. The highest BCUT2D eigenvalue weighted by molar-refractivity contribution is 8.00. The molecule has 26 heavy (non-hydrogen) atoms. The van der Waals surface area contributed by atoms with E-state index in [1.807, 2.05) is 36.4 Å². The molecule has 3 rings (SSSR count). The van der Waals surface area contributed by atoms with Gasteiger partial charge in [0.05, 0.1) is 30.7 Å². The minimum atomic E-state index is -1.02. The van der Waals surface area contributed by atoms with Crippen LogP contribution in [0.25, 0.3) is 15.8 Å². The predicted molar refractivity (Wildman–Crippen MR) is 105 cm³/mol. The van der Waals surface area contributed by atoms with Gasteiger partial charge in [0.25, 0.3) is 0 Å². The molecule has 0 atom stereocenters. The summed E-state index contributed by atoms with van der Waals surface area (Å²) in [4.78, 5) is 16.1. The maximum absolute atomic E-state index is 11.5. The Morgan fingerprint density at radius 2 is 2.08 bits per heavy atom. The predicted octanol–water partition coefficient (Wildman–Crippen LogP) is 4.67. The van der Waals surface area contributed by atoms with Crippen molar-refractivity contribution in [2.45, 2.75) is 10.1 Å². The number of aliphatic carboxylic acids is 1. The van der Waals surface area contributed by atoms with E-state index in [0.717, 1.165) is 25.9 Å². The molecular formula is C19H17NO4S2. The van der Waals surface area contributed by atoms with Crippen LogP contribution in [0.2, 0.25) is 0 Å². The number of benzene rings is 2. The lowest BCUT2D eigenvalue weighted by Gasteiger charge is -2.09. The van der Waals surface area contributed by atoms with Crippen molar-refractivity contribution in [3.05, 3.63) is 59.9 Å². The standard InChI is InChI=1S/C19H17NO4S2/c1-23-10-15(18(21)22)14-6-4-3-5-12(14)11-25-19-20-16-9-13(24-2)7-8-17(16)26-19/h3-10H,11H2,1-2H3,(H,21,22)/b15-10+. The van der Waals surface area contributed by atoms with Crippen molar-refractivity contribution >= 4 is 44.9 Å². The molecule has 134 valence electrons. The van der Waals surface area contributed by atoms with Gasteiger partial charge in [-0.2, -0.15) is 0 Å². The van der Waals surface area contributed by atoms with Crippen LogP contribution in [0.15, 0.2) is 53.1 Å². The third-order valence-electron chi connectivity index (χ3n) is 3.70. The minimum Gasteiger partial charge on any atom is -0.503 e. The second-order valence-electron chi connectivity index (χ2n) is 5.33. The van der Waals surface area contributed by atoms with E-state index in [1.165, 1.54) is 13.4 Å². The second kappa shape index (κ2) is 8.25. The molecule has 5 nitrogen and oxygen atoms in total. The van der Waals surface area contributed by atoms with E-state index in [0.29, 0.717) is 11.3 Å². The number of thioether (sulfide) groups is 1. The minimum absolute atomic E-state index is 0.137. The van der Waals surface area contributed by atoms with E-state index < -0.39 is 5.97 Å². The third kappa shape index (κ3) is 4.00. The molecule has 1 aromatic heterocycles. The van der Waals surface area contributed by atoms with Gasteiger partial charge in [0.2, 0.25) is 0 Å². The van der Waals surface area contributed by atoms with Crippen LogP contribution in [-0.2, 0) is 15.3 Å². The number of thiazole rings is 1. The lowest BCUT2D eigenvalue weighted by molar-refractivity contribution is -0.130. The normalized spacial score (nSPS) is 11.5. The fraction of sp³-hybridized carbons (Fsp3) is 0.158. The molecular weight excluding hydrogens is 370 g/mol. The molecule has 0 spiro atoms. The summed E-state index contributed by atoms with van der Waals surface area (Å²) in [6.07, 6.45) is 1.26. The number of ether oxygens (including phenoxy) is 2. The molecule has 0 aliphatic carbocycles. The average molecular weight is 387 g/mol. The van der Waals surface area contributed by atoms with Crippen LogP contribution >= 0.6 is 23.1 Å². The van der Waals surface area contributed by atoms with Gasteiger partial charge in [-0.15, -0.1) is 11.3 Å². The van der Waals surface area contributed by atoms with Gasteiger partial charge >= 0.3 is 5.97 Å². The van der Waals surface area contributed by atoms with E-state index in [9.17, 15) is 9.90 Å². The molecule has 0 aliphatic rings. The first-order chi connectivity index (χ1) is 12.6. The first kappa shape index (κ1) is 18.3. The molecule has 7 heteroatoms. The number of carboxylic acids is 1. The van der Waals surface area contributed by atoms with Crippen molar-refractivity contribution in [1.82, 2.24) is 4.98 Å². The number of hydrogen-bond donors (Lipinski definition) is 1. The maximum Gasteiger partial charge on any atom is 0.339 e. The van der Waals surface area contributed by atoms with Crippen molar-refractivity contribution in [2.24, 2.45) is 0 Å². The van der Waals surface area contributed by atoms with Gasteiger partial charge < -0.3 is 14.6 Å². The average Bonchev–Trinajstić information content (AvgIpc) is 3.06. The Labute approximate surface area is 159 Å². The lowest BCUT2D eigenvalue weighted by atomic mass is 10.0. The molecule has 2 aromatic carbocycles. The molecule has 1 N–H and O–H groups in total. The second-order valence-corrected chi connectivity index (χ2v) is 7.58. The molecule has 0 saturated carbocycles. The molecule has 3 aromatic rings. The zero-order chi connectivity index (χ0) is 18.5. The van der Waals surface area contributed by atoms with E-state index in [-0.39, 0.29) is 5.57 Å². The number of aromatic nitrogens is 1. The van der Waals surface area contributed by atoms with Gasteiger partial charge in [0.1, 0.15) is 11.3 Å². The van der Waals surface area contributed by atoms with Crippen LogP contribution in [-0.4, -0.2) is 30.3 Å². The Morgan fingerprint density at radius 1 is 1.27 bits per heavy atom.